The highest BCUT2D eigenvalue weighted by molar-refractivity contribution is 9.10. The van der Waals surface area contributed by atoms with Gasteiger partial charge in [-0.2, -0.15) is 0 Å². The van der Waals surface area contributed by atoms with Crippen LogP contribution >= 0.6 is 15.9 Å². The molecule has 0 radical (unpaired) electrons. The molecule has 0 aliphatic heterocycles. The van der Waals surface area contributed by atoms with Crippen molar-refractivity contribution >= 4 is 21.9 Å². The Morgan fingerprint density at radius 3 is 2.43 bits per heavy atom. The van der Waals surface area contributed by atoms with Crippen molar-refractivity contribution in [2.75, 3.05) is 26.9 Å². The van der Waals surface area contributed by atoms with Gasteiger partial charge in [-0.05, 0) is 31.0 Å². The number of hydrogen-bond acceptors (Lipinski definition) is 6. The smallest absolute Gasteiger partial charge is 0.306 e. The van der Waals surface area contributed by atoms with Crippen LogP contribution in [0.25, 0.3) is 0 Å². The molecule has 0 unspecified atom stereocenters. The number of aliphatic hydroxyl groups is 3. The average Bonchev–Trinajstić information content (AvgIpc) is 2.57. The highest BCUT2D eigenvalue weighted by Crippen LogP contribution is 2.25. The number of hydrogen-bond donors (Lipinski definition) is 3. The largest absolute Gasteiger partial charge is 0.496 e. The summed E-state index contributed by atoms with van der Waals surface area (Å²) in [6.07, 6.45) is 0.903. The van der Waals surface area contributed by atoms with Crippen molar-refractivity contribution in [2.45, 2.75) is 25.9 Å². The van der Waals surface area contributed by atoms with Gasteiger partial charge in [0.25, 0.3) is 0 Å². The fourth-order valence-electron chi connectivity index (χ4n) is 2.09. The van der Waals surface area contributed by atoms with Crippen LogP contribution in [0.3, 0.4) is 0 Å². The predicted molar refractivity (Wildman–Crippen MR) is 88.0 cm³/mol. The molecule has 7 heteroatoms. The summed E-state index contributed by atoms with van der Waals surface area (Å²) in [6, 6.07) is 5.44. The number of methoxy groups -OCH3 is 1. The maximum atomic E-state index is 11.8. The van der Waals surface area contributed by atoms with Crippen molar-refractivity contribution in [3.63, 3.8) is 0 Å². The van der Waals surface area contributed by atoms with Gasteiger partial charge in [-0.25, -0.2) is 0 Å². The van der Waals surface area contributed by atoms with Crippen LogP contribution < -0.4 is 4.74 Å². The molecule has 0 saturated heterocycles. The first kappa shape index (κ1) is 19.9. The minimum Gasteiger partial charge on any atom is -0.496 e. The van der Waals surface area contributed by atoms with Crippen molar-refractivity contribution in [3.05, 3.63) is 28.2 Å². The molecule has 0 heterocycles. The molecular weight excluding hydrogens is 368 g/mol. The van der Waals surface area contributed by atoms with Gasteiger partial charge < -0.3 is 24.8 Å². The van der Waals surface area contributed by atoms with E-state index in [0.717, 1.165) is 10.0 Å². The van der Waals surface area contributed by atoms with E-state index in [1.54, 1.807) is 13.2 Å². The highest BCUT2D eigenvalue weighted by atomic mass is 79.9. The van der Waals surface area contributed by atoms with Crippen LogP contribution in [0.2, 0.25) is 0 Å². The van der Waals surface area contributed by atoms with Gasteiger partial charge in [0.15, 0.2) is 0 Å². The molecule has 0 spiro atoms. The van der Waals surface area contributed by atoms with E-state index in [0.29, 0.717) is 18.6 Å². The maximum absolute atomic E-state index is 11.8. The zero-order chi connectivity index (χ0) is 17.3. The quantitative estimate of drug-likeness (QED) is 0.525. The topological polar surface area (TPSA) is 96.2 Å². The standard InChI is InChI=1S/C16H23BrO6/c1-22-14-5-4-13(17)7-12(14)8-23-15(21)3-2-6-16(9-18,10-19)11-20/h4-5,7,18-20H,2-3,6,8-11H2,1H3. The summed E-state index contributed by atoms with van der Waals surface area (Å²) in [5.74, 6) is 0.260. The summed E-state index contributed by atoms with van der Waals surface area (Å²) in [7, 11) is 1.55. The molecule has 0 aliphatic rings. The van der Waals surface area contributed by atoms with E-state index < -0.39 is 5.41 Å². The lowest BCUT2D eigenvalue weighted by atomic mass is 9.85. The zero-order valence-corrected chi connectivity index (χ0v) is 14.7. The molecule has 0 amide bonds. The van der Waals surface area contributed by atoms with Gasteiger partial charge in [-0.3, -0.25) is 4.79 Å². The minimum absolute atomic E-state index is 0.104. The average molecular weight is 391 g/mol. The Labute approximate surface area is 144 Å². The van der Waals surface area contributed by atoms with E-state index in [4.69, 9.17) is 9.47 Å². The van der Waals surface area contributed by atoms with Gasteiger partial charge in [-0.1, -0.05) is 15.9 Å². The van der Waals surface area contributed by atoms with Gasteiger partial charge >= 0.3 is 5.97 Å². The van der Waals surface area contributed by atoms with Crippen LogP contribution in [0.15, 0.2) is 22.7 Å². The highest BCUT2D eigenvalue weighted by Gasteiger charge is 2.27. The summed E-state index contributed by atoms with van der Waals surface area (Å²) < 4.78 is 11.3. The molecule has 3 N–H and O–H groups in total. The molecule has 0 saturated carbocycles. The van der Waals surface area contributed by atoms with E-state index in [9.17, 15) is 20.1 Å². The number of carbonyl (C=O) groups is 1. The van der Waals surface area contributed by atoms with E-state index in [-0.39, 0.29) is 38.8 Å². The molecule has 0 bridgehead atoms. The zero-order valence-electron chi connectivity index (χ0n) is 13.1. The summed E-state index contributed by atoms with van der Waals surface area (Å²) in [4.78, 5) is 11.8. The van der Waals surface area contributed by atoms with Gasteiger partial charge in [0.1, 0.15) is 12.4 Å². The van der Waals surface area contributed by atoms with Gasteiger partial charge in [0.2, 0.25) is 0 Å². The molecule has 0 atom stereocenters. The Balaban J connectivity index is 2.45. The lowest BCUT2D eigenvalue weighted by Crippen LogP contribution is -2.34. The van der Waals surface area contributed by atoms with E-state index in [1.165, 1.54) is 0 Å². The second kappa shape index (κ2) is 9.87. The van der Waals surface area contributed by atoms with Crippen molar-refractivity contribution in [2.24, 2.45) is 5.41 Å². The molecular formula is C16H23BrO6. The molecule has 23 heavy (non-hydrogen) atoms. The SMILES string of the molecule is COc1ccc(Br)cc1COC(=O)CCCC(CO)(CO)CO. The van der Waals surface area contributed by atoms with Gasteiger partial charge in [-0.15, -0.1) is 0 Å². The van der Waals surface area contributed by atoms with Crippen molar-refractivity contribution in [1.82, 2.24) is 0 Å². The van der Waals surface area contributed by atoms with Crippen LogP contribution in [0.1, 0.15) is 24.8 Å². The van der Waals surface area contributed by atoms with Gasteiger partial charge in [0.05, 0.1) is 26.9 Å². The fraction of sp³-hybridized carbons (Fsp3) is 0.562. The first-order valence-electron chi connectivity index (χ1n) is 7.31. The number of carbonyl (C=O) groups excluding carboxylic acids is 1. The van der Waals surface area contributed by atoms with Crippen LogP contribution in [-0.4, -0.2) is 48.2 Å². The molecule has 1 aromatic rings. The number of benzene rings is 1. The lowest BCUT2D eigenvalue weighted by Gasteiger charge is -2.26. The Hall–Kier alpha value is -1.15. The van der Waals surface area contributed by atoms with E-state index in [1.807, 2.05) is 12.1 Å². The van der Waals surface area contributed by atoms with Crippen LogP contribution in [-0.2, 0) is 16.1 Å². The van der Waals surface area contributed by atoms with Gasteiger partial charge in [0, 0.05) is 21.9 Å². The second-order valence-corrected chi connectivity index (χ2v) is 6.36. The predicted octanol–water partition coefficient (Wildman–Crippen LogP) is 1.63. The molecule has 6 nitrogen and oxygen atoms in total. The van der Waals surface area contributed by atoms with Crippen molar-refractivity contribution < 1.29 is 29.6 Å². The van der Waals surface area contributed by atoms with Crippen molar-refractivity contribution in [3.8, 4) is 5.75 Å². The third-order valence-corrected chi connectivity index (χ3v) is 4.22. The summed E-state index contributed by atoms with van der Waals surface area (Å²) >= 11 is 3.35. The summed E-state index contributed by atoms with van der Waals surface area (Å²) in [6.45, 7) is -0.883. The fourth-order valence-corrected chi connectivity index (χ4v) is 2.49. The molecule has 130 valence electrons. The number of aliphatic hydroxyl groups excluding tert-OH is 3. The summed E-state index contributed by atoms with van der Waals surface area (Å²) in [5.41, 5.74) is -0.195. The molecule has 0 fully saturated rings. The Morgan fingerprint density at radius 2 is 1.87 bits per heavy atom. The van der Waals surface area contributed by atoms with Crippen LogP contribution in [0, 0.1) is 5.41 Å². The number of esters is 1. The van der Waals surface area contributed by atoms with Crippen LogP contribution in [0.5, 0.6) is 5.75 Å². The lowest BCUT2D eigenvalue weighted by molar-refractivity contribution is -0.145. The van der Waals surface area contributed by atoms with Crippen LogP contribution in [0.4, 0.5) is 0 Å². The Kier molecular flexibility index (Phi) is 8.54. The Bertz CT molecular complexity index is 493. The normalized spacial score (nSPS) is 11.3. The monoisotopic (exact) mass is 390 g/mol. The second-order valence-electron chi connectivity index (χ2n) is 5.44. The molecule has 0 aliphatic carbocycles. The van der Waals surface area contributed by atoms with E-state index >= 15 is 0 Å². The molecule has 0 aromatic heterocycles. The first-order valence-corrected chi connectivity index (χ1v) is 8.10. The first-order chi connectivity index (χ1) is 11.0. The van der Waals surface area contributed by atoms with Crippen molar-refractivity contribution in [1.29, 1.82) is 0 Å². The number of ether oxygens (including phenoxy) is 2. The third-order valence-electron chi connectivity index (χ3n) is 3.73. The third kappa shape index (κ3) is 6.10. The number of halogens is 1. The molecule has 1 aromatic carbocycles. The maximum Gasteiger partial charge on any atom is 0.306 e. The minimum atomic E-state index is -0.951. The Morgan fingerprint density at radius 1 is 1.22 bits per heavy atom. The summed E-state index contributed by atoms with van der Waals surface area (Å²) in [5, 5.41) is 27.7. The number of rotatable bonds is 10. The van der Waals surface area contributed by atoms with E-state index in [2.05, 4.69) is 15.9 Å². The molecule has 1 rings (SSSR count).